The first-order chi connectivity index (χ1) is 14.1. The number of rotatable bonds is 4. The van der Waals surface area contributed by atoms with Crippen LogP contribution >= 0.6 is 0 Å². The van der Waals surface area contributed by atoms with Crippen LogP contribution in [-0.2, 0) is 11.2 Å². The topological polar surface area (TPSA) is 84.5 Å². The van der Waals surface area contributed by atoms with Crippen LogP contribution in [0.5, 0.6) is 11.5 Å². The molecule has 5 rings (SSSR count). The zero-order valence-electron chi connectivity index (χ0n) is 15.5. The summed E-state index contributed by atoms with van der Waals surface area (Å²) in [6, 6.07) is 8.32. The fourth-order valence-corrected chi connectivity index (χ4v) is 3.69. The number of hydrogen-bond donors (Lipinski definition) is 1. The van der Waals surface area contributed by atoms with Gasteiger partial charge in [0.1, 0.15) is 23.9 Å². The van der Waals surface area contributed by atoms with E-state index < -0.39 is 5.82 Å². The molecule has 2 aromatic carbocycles. The van der Waals surface area contributed by atoms with E-state index in [1.165, 1.54) is 12.1 Å². The Bertz CT molecular complexity index is 1120. The molecule has 1 saturated heterocycles. The number of nitrogens with zero attached hydrogens (tertiary/aromatic N) is 2. The average Bonchev–Trinajstić information content (AvgIpc) is 3.14. The minimum absolute atomic E-state index is 0.0215. The minimum Gasteiger partial charge on any atom is -0.493 e. The number of halogens is 1. The van der Waals surface area contributed by atoms with Crippen LogP contribution in [0.4, 0.5) is 4.39 Å². The molecule has 29 heavy (non-hydrogen) atoms. The van der Waals surface area contributed by atoms with Crippen LogP contribution in [-0.4, -0.2) is 53.1 Å². The van der Waals surface area contributed by atoms with Crippen LogP contribution in [0.1, 0.15) is 15.9 Å². The first-order valence-electron chi connectivity index (χ1n) is 9.39. The summed E-state index contributed by atoms with van der Waals surface area (Å²) in [5.74, 6) is 0.176. The molecule has 0 aliphatic carbocycles. The number of fused-ring (bicyclic) bond motifs is 2. The van der Waals surface area contributed by atoms with E-state index in [4.69, 9.17) is 9.47 Å². The van der Waals surface area contributed by atoms with Gasteiger partial charge in [-0.25, -0.2) is 4.39 Å². The third-order valence-corrected chi connectivity index (χ3v) is 5.30. The Hall–Kier alpha value is -3.42. The van der Waals surface area contributed by atoms with Crippen molar-refractivity contribution in [1.82, 2.24) is 15.1 Å². The third kappa shape index (κ3) is 3.30. The fourth-order valence-electron chi connectivity index (χ4n) is 3.69. The van der Waals surface area contributed by atoms with Gasteiger partial charge in [0.15, 0.2) is 5.78 Å². The summed E-state index contributed by atoms with van der Waals surface area (Å²) < 4.78 is 25.4. The lowest BCUT2D eigenvalue weighted by molar-refractivity contribution is -0.121. The number of ketones is 1. The monoisotopic (exact) mass is 395 g/mol. The van der Waals surface area contributed by atoms with Crippen molar-refractivity contribution >= 4 is 22.6 Å². The predicted molar refractivity (Wildman–Crippen MR) is 102 cm³/mol. The van der Waals surface area contributed by atoms with E-state index in [9.17, 15) is 14.0 Å². The maximum absolute atomic E-state index is 14.4. The van der Waals surface area contributed by atoms with Crippen molar-refractivity contribution in [2.75, 3.05) is 26.3 Å². The minimum atomic E-state index is -0.629. The lowest BCUT2D eigenvalue weighted by Crippen LogP contribution is -2.52. The van der Waals surface area contributed by atoms with Crippen molar-refractivity contribution in [2.45, 2.75) is 6.42 Å². The molecule has 1 aromatic heterocycles. The Morgan fingerprint density at radius 2 is 2.17 bits per heavy atom. The number of ether oxygens (including phenoxy) is 2. The van der Waals surface area contributed by atoms with E-state index in [1.54, 1.807) is 11.1 Å². The van der Waals surface area contributed by atoms with E-state index in [0.29, 0.717) is 31.0 Å². The van der Waals surface area contributed by atoms with Gasteiger partial charge in [-0.1, -0.05) is 0 Å². The Morgan fingerprint density at radius 3 is 3.03 bits per heavy atom. The number of hydrogen-bond acceptors (Lipinski definition) is 5. The number of nitrogens with one attached hydrogen (secondary N) is 1. The Balaban J connectivity index is 1.20. The first-order valence-corrected chi connectivity index (χ1v) is 9.39. The smallest absolute Gasteiger partial charge is 0.256 e. The molecule has 2 aliphatic heterocycles. The lowest BCUT2D eigenvalue weighted by atomic mass is 9.97. The second kappa shape index (κ2) is 6.88. The number of benzene rings is 2. The summed E-state index contributed by atoms with van der Waals surface area (Å²) in [5, 5.41) is 7.84. The molecule has 0 bridgehead atoms. The van der Waals surface area contributed by atoms with E-state index in [0.717, 1.165) is 16.7 Å². The Kier molecular flexibility index (Phi) is 4.19. The van der Waals surface area contributed by atoms with Crippen LogP contribution < -0.4 is 9.47 Å². The number of carbonyl (C=O) groups is 2. The van der Waals surface area contributed by atoms with Crippen molar-refractivity contribution in [3.05, 3.63) is 53.5 Å². The summed E-state index contributed by atoms with van der Waals surface area (Å²) in [6.07, 6.45) is 1.89. The summed E-state index contributed by atoms with van der Waals surface area (Å²) in [5.41, 5.74) is 1.48. The molecule has 1 fully saturated rings. The zero-order valence-corrected chi connectivity index (χ0v) is 15.5. The second-order valence-electron chi connectivity index (χ2n) is 7.45. The van der Waals surface area contributed by atoms with Crippen molar-refractivity contribution in [3.8, 4) is 11.5 Å². The summed E-state index contributed by atoms with van der Waals surface area (Å²) in [4.78, 5) is 25.8. The fraction of sp³-hybridized carbons (Fsp3) is 0.286. The molecule has 0 atom stereocenters. The number of Topliss-reactive ketones (excluding diaryl/α,β-unsaturated/α-hetero) is 1. The molecule has 0 saturated carbocycles. The quantitative estimate of drug-likeness (QED) is 0.733. The van der Waals surface area contributed by atoms with Crippen molar-refractivity contribution in [3.63, 3.8) is 0 Å². The van der Waals surface area contributed by atoms with Crippen molar-refractivity contribution in [1.29, 1.82) is 0 Å². The van der Waals surface area contributed by atoms with E-state index in [2.05, 4.69) is 10.2 Å². The summed E-state index contributed by atoms with van der Waals surface area (Å²) >= 11 is 0. The highest BCUT2D eigenvalue weighted by atomic mass is 19.1. The number of H-pyrrole nitrogens is 1. The van der Waals surface area contributed by atoms with Crippen molar-refractivity contribution in [2.24, 2.45) is 5.92 Å². The van der Waals surface area contributed by atoms with Crippen LogP contribution in [0, 0.1) is 11.7 Å². The molecule has 0 spiro atoms. The zero-order chi connectivity index (χ0) is 20.0. The van der Waals surface area contributed by atoms with Gasteiger partial charge in [0.2, 0.25) is 0 Å². The standard InChI is InChI=1S/C21H18FN3O4/c22-18-6-20-13(3-15(26)11-29-20)5-17(18)21(27)25-8-12(9-25)10-28-16-1-2-19-14(4-16)7-23-24-19/h1-2,4-7,12H,3,8-11H2,(H,23,24). The van der Waals surface area contributed by atoms with E-state index in [-0.39, 0.29) is 36.2 Å². The molecular formula is C21H18FN3O4. The Labute approximate surface area is 165 Å². The number of aromatic nitrogens is 2. The largest absolute Gasteiger partial charge is 0.493 e. The molecule has 3 heterocycles. The third-order valence-electron chi connectivity index (χ3n) is 5.30. The predicted octanol–water partition coefficient (Wildman–Crippen LogP) is 2.36. The summed E-state index contributed by atoms with van der Waals surface area (Å²) in [7, 11) is 0. The molecule has 0 radical (unpaired) electrons. The highest BCUT2D eigenvalue weighted by molar-refractivity contribution is 5.96. The molecule has 3 aromatic rings. The van der Waals surface area contributed by atoms with Gasteiger partial charge in [-0.15, -0.1) is 0 Å². The van der Waals surface area contributed by atoms with Crippen LogP contribution in [0.25, 0.3) is 10.9 Å². The first kappa shape index (κ1) is 17.7. The van der Waals surface area contributed by atoms with Crippen LogP contribution in [0.3, 0.4) is 0 Å². The molecule has 1 amide bonds. The highest BCUT2D eigenvalue weighted by Gasteiger charge is 2.33. The van der Waals surface area contributed by atoms with Gasteiger partial charge in [-0.3, -0.25) is 14.7 Å². The van der Waals surface area contributed by atoms with Crippen molar-refractivity contribution < 1.29 is 23.5 Å². The molecule has 8 heteroatoms. The highest BCUT2D eigenvalue weighted by Crippen LogP contribution is 2.29. The summed E-state index contributed by atoms with van der Waals surface area (Å²) in [6.45, 7) is 1.42. The van der Waals surface area contributed by atoms with Gasteiger partial charge < -0.3 is 14.4 Å². The van der Waals surface area contributed by atoms with Crippen LogP contribution in [0.2, 0.25) is 0 Å². The van der Waals surface area contributed by atoms with Gasteiger partial charge in [-0.05, 0) is 24.3 Å². The van der Waals surface area contributed by atoms with E-state index >= 15 is 0 Å². The number of aromatic amines is 1. The van der Waals surface area contributed by atoms with E-state index in [1.807, 2.05) is 18.2 Å². The van der Waals surface area contributed by atoms with Gasteiger partial charge in [0, 0.05) is 42.4 Å². The molecule has 7 nitrogen and oxygen atoms in total. The number of amides is 1. The van der Waals surface area contributed by atoms with Gasteiger partial charge >= 0.3 is 0 Å². The molecular weight excluding hydrogens is 377 g/mol. The maximum Gasteiger partial charge on any atom is 0.256 e. The molecule has 2 aliphatic rings. The SMILES string of the molecule is O=C1COc2cc(F)c(C(=O)N3CC(COc4ccc5[nH]ncc5c4)C3)cc2C1. The normalized spacial score (nSPS) is 16.3. The molecule has 0 unspecified atom stereocenters. The Morgan fingerprint density at radius 1 is 1.31 bits per heavy atom. The van der Waals surface area contributed by atoms with Gasteiger partial charge in [-0.2, -0.15) is 5.10 Å². The second-order valence-corrected chi connectivity index (χ2v) is 7.45. The molecule has 148 valence electrons. The average molecular weight is 395 g/mol. The molecule has 1 N–H and O–H groups in total. The number of likely N-dealkylation sites (tertiary alicyclic amines) is 1. The maximum atomic E-state index is 14.4. The lowest BCUT2D eigenvalue weighted by Gasteiger charge is -2.39. The van der Waals surface area contributed by atoms with Gasteiger partial charge in [0.25, 0.3) is 5.91 Å². The number of carbonyl (C=O) groups excluding carboxylic acids is 2. The van der Waals surface area contributed by atoms with Gasteiger partial charge in [0.05, 0.1) is 23.9 Å². The van der Waals surface area contributed by atoms with Crippen LogP contribution in [0.15, 0.2) is 36.5 Å².